The minimum atomic E-state index is -0.245. The Hall–Kier alpha value is -2.37. The molecule has 1 aromatic carbocycles. The van der Waals surface area contributed by atoms with Crippen LogP contribution in [0, 0.1) is 0 Å². The van der Waals surface area contributed by atoms with Crippen LogP contribution in [0.3, 0.4) is 0 Å². The van der Waals surface area contributed by atoms with Crippen molar-refractivity contribution in [1.29, 1.82) is 0 Å². The van der Waals surface area contributed by atoms with Crippen LogP contribution < -0.4 is 5.32 Å². The Morgan fingerprint density at radius 3 is 3.04 bits per heavy atom. The van der Waals surface area contributed by atoms with Gasteiger partial charge in [0, 0.05) is 28.6 Å². The molecular formula is C17H13ClN2O2S. The number of nitrogens with one attached hydrogen (secondary N) is 1. The number of nitrogens with zero attached hydrogens (tertiary/aromatic N) is 1. The molecule has 116 valence electrons. The van der Waals surface area contributed by atoms with Crippen LogP contribution in [0.5, 0.6) is 0 Å². The molecule has 0 aliphatic rings. The molecular weight excluding hydrogens is 332 g/mol. The Balaban J connectivity index is 1.59. The van der Waals surface area contributed by atoms with Gasteiger partial charge < -0.3 is 4.42 Å². The fourth-order valence-corrected chi connectivity index (χ4v) is 3.05. The largest absolute Gasteiger partial charge is 0.465 e. The van der Waals surface area contributed by atoms with Crippen LogP contribution in [0.25, 0.3) is 6.08 Å². The lowest BCUT2D eigenvalue weighted by Crippen LogP contribution is -2.06. The summed E-state index contributed by atoms with van der Waals surface area (Å²) in [4.78, 5) is 17.1. The van der Waals surface area contributed by atoms with Gasteiger partial charge in [0.05, 0.1) is 6.26 Å². The first-order chi connectivity index (χ1) is 11.2. The zero-order chi connectivity index (χ0) is 16.1. The van der Waals surface area contributed by atoms with Crippen LogP contribution in [-0.4, -0.2) is 10.9 Å². The standard InChI is InChI=1S/C17H13ClN2O2S/c18-13-4-1-3-12(9-13)10-15-11-19-17(23-15)20-16(21)7-6-14-5-2-8-22-14/h1-9,11H,10H2,(H,19,20,21). The van der Waals surface area contributed by atoms with E-state index in [-0.39, 0.29) is 5.91 Å². The van der Waals surface area contributed by atoms with Crippen molar-refractivity contribution in [1.82, 2.24) is 4.98 Å². The Morgan fingerprint density at radius 2 is 2.26 bits per heavy atom. The van der Waals surface area contributed by atoms with E-state index in [1.807, 2.05) is 24.3 Å². The average molecular weight is 345 g/mol. The molecule has 0 aliphatic carbocycles. The molecule has 23 heavy (non-hydrogen) atoms. The van der Waals surface area contributed by atoms with Crippen molar-refractivity contribution in [3.63, 3.8) is 0 Å². The van der Waals surface area contributed by atoms with Gasteiger partial charge in [-0.3, -0.25) is 10.1 Å². The van der Waals surface area contributed by atoms with Gasteiger partial charge in [-0.15, -0.1) is 11.3 Å². The summed E-state index contributed by atoms with van der Waals surface area (Å²) in [6.07, 6.45) is 7.07. The normalized spacial score (nSPS) is 11.0. The summed E-state index contributed by atoms with van der Waals surface area (Å²) in [6.45, 7) is 0. The second-order valence-electron chi connectivity index (χ2n) is 4.78. The van der Waals surface area contributed by atoms with Gasteiger partial charge in [0.1, 0.15) is 5.76 Å². The third-order valence-corrected chi connectivity index (χ3v) is 4.14. The molecule has 0 fully saturated rings. The molecule has 3 aromatic rings. The highest BCUT2D eigenvalue weighted by Gasteiger charge is 2.06. The number of rotatable bonds is 5. The third kappa shape index (κ3) is 4.55. The van der Waals surface area contributed by atoms with Crippen molar-refractivity contribution in [2.45, 2.75) is 6.42 Å². The number of halogens is 1. The highest BCUT2D eigenvalue weighted by Crippen LogP contribution is 2.22. The highest BCUT2D eigenvalue weighted by molar-refractivity contribution is 7.15. The van der Waals surface area contributed by atoms with Gasteiger partial charge in [-0.1, -0.05) is 23.7 Å². The van der Waals surface area contributed by atoms with Crippen molar-refractivity contribution < 1.29 is 9.21 Å². The van der Waals surface area contributed by atoms with Crippen LogP contribution in [0.1, 0.15) is 16.2 Å². The summed E-state index contributed by atoms with van der Waals surface area (Å²) in [5.74, 6) is 0.381. The minimum absolute atomic E-state index is 0.245. The van der Waals surface area contributed by atoms with Gasteiger partial charge >= 0.3 is 0 Å². The zero-order valence-corrected chi connectivity index (χ0v) is 13.6. The lowest BCUT2D eigenvalue weighted by atomic mass is 10.1. The number of hydrogen-bond acceptors (Lipinski definition) is 4. The molecule has 0 saturated carbocycles. The molecule has 0 aliphatic heterocycles. The van der Waals surface area contributed by atoms with Crippen LogP contribution >= 0.6 is 22.9 Å². The number of amides is 1. The van der Waals surface area contributed by atoms with Crippen molar-refractivity contribution in [3.8, 4) is 0 Å². The lowest BCUT2D eigenvalue weighted by Gasteiger charge is -1.98. The van der Waals surface area contributed by atoms with Gasteiger partial charge in [-0.05, 0) is 35.9 Å². The predicted molar refractivity (Wildman–Crippen MR) is 92.7 cm³/mol. The number of furan rings is 1. The fourth-order valence-electron chi connectivity index (χ4n) is 1.99. The molecule has 4 nitrogen and oxygen atoms in total. The molecule has 0 spiro atoms. The smallest absolute Gasteiger partial charge is 0.250 e. The molecule has 2 aromatic heterocycles. The quantitative estimate of drug-likeness (QED) is 0.686. The molecule has 6 heteroatoms. The van der Waals surface area contributed by atoms with Gasteiger partial charge in [-0.2, -0.15) is 0 Å². The first-order valence-electron chi connectivity index (χ1n) is 6.91. The maximum absolute atomic E-state index is 11.8. The molecule has 0 radical (unpaired) electrons. The van der Waals surface area contributed by atoms with Crippen LogP contribution in [0.15, 0.2) is 59.4 Å². The number of carbonyl (C=O) groups excluding carboxylic acids is 1. The fraction of sp³-hybridized carbons (Fsp3) is 0.0588. The summed E-state index contributed by atoms with van der Waals surface area (Å²) < 4.78 is 5.12. The topological polar surface area (TPSA) is 55.1 Å². The number of aromatic nitrogens is 1. The van der Waals surface area contributed by atoms with Gasteiger partial charge in [0.25, 0.3) is 0 Å². The Morgan fingerprint density at radius 1 is 1.35 bits per heavy atom. The number of carbonyl (C=O) groups is 1. The zero-order valence-electron chi connectivity index (χ0n) is 12.0. The number of anilines is 1. The van der Waals surface area contributed by atoms with Crippen molar-refractivity contribution in [3.05, 3.63) is 76.2 Å². The first kappa shape index (κ1) is 15.5. The van der Waals surface area contributed by atoms with E-state index in [2.05, 4.69) is 10.3 Å². The minimum Gasteiger partial charge on any atom is -0.465 e. The maximum atomic E-state index is 11.8. The molecule has 0 bridgehead atoms. The second-order valence-corrected chi connectivity index (χ2v) is 6.33. The molecule has 0 atom stereocenters. The van der Waals surface area contributed by atoms with Gasteiger partial charge in [-0.25, -0.2) is 4.98 Å². The summed E-state index contributed by atoms with van der Waals surface area (Å²) in [5, 5.41) is 4.01. The summed E-state index contributed by atoms with van der Waals surface area (Å²) >= 11 is 7.42. The van der Waals surface area contributed by atoms with Gasteiger partial charge in [0.2, 0.25) is 5.91 Å². The second kappa shape index (κ2) is 7.26. The van der Waals surface area contributed by atoms with Crippen LogP contribution in [0.4, 0.5) is 5.13 Å². The first-order valence-corrected chi connectivity index (χ1v) is 8.10. The summed E-state index contributed by atoms with van der Waals surface area (Å²) in [5.41, 5.74) is 1.11. The Bertz CT molecular complexity index is 825. The van der Waals surface area contributed by atoms with E-state index in [0.717, 1.165) is 16.9 Å². The van der Waals surface area contributed by atoms with Crippen molar-refractivity contribution in [2.24, 2.45) is 0 Å². The number of thiazole rings is 1. The highest BCUT2D eigenvalue weighted by atomic mass is 35.5. The van der Waals surface area contributed by atoms with Crippen molar-refractivity contribution >= 4 is 40.1 Å². The molecule has 1 N–H and O–H groups in total. The predicted octanol–water partition coefficient (Wildman–Crippen LogP) is 4.63. The third-order valence-electron chi connectivity index (χ3n) is 2.99. The molecule has 1 amide bonds. The number of benzene rings is 1. The molecule has 2 heterocycles. The van der Waals surface area contributed by atoms with E-state index < -0.39 is 0 Å². The van der Waals surface area contributed by atoms with Crippen LogP contribution in [-0.2, 0) is 11.2 Å². The van der Waals surface area contributed by atoms with Gasteiger partial charge in [0.15, 0.2) is 5.13 Å². The van der Waals surface area contributed by atoms with E-state index >= 15 is 0 Å². The average Bonchev–Trinajstić information content (AvgIpc) is 3.17. The van der Waals surface area contributed by atoms with E-state index in [1.54, 1.807) is 30.7 Å². The van der Waals surface area contributed by atoms with Crippen molar-refractivity contribution in [2.75, 3.05) is 5.32 Å². The lowest BCUT2D eigenvalue weighted by molar-refractivity contribution is -0.111. The Kier molecular flexibility index (Phi) is 4.90. The maximum Gasteiger partial charge on any atom is 0.250 e. The van der Waals surface area contributed by atoms with E-state index in [0.29, 0.717) is 15.9 Å². The Labute approximate surface area is 142 Å². The van der Waals surface area contributed by atoms with E-state index in [4.69, 9.17) is 16.0 Å². The number of hydrogen-bond donors (Lipinski definition) is 1. The van der Waals surface area contributed by atoms with Crippen LogP contribution in [0.2, 0.25) is 5.02 Å². The molecule has 3 rings (SSSR count). The monoisotopic (exact) mass is 344 g/mol. The summed E-state index contributed by atoms with van der Waals surface area (Å²) in [6, 6.07) is 11.2. The van der Waals surface area contributed by atoms with E-state index in [9.17, 15) is 4.79 Å². The van der Waals surface area contributed by atoms with E-state index in [1.165, 1.54) is 17.4 Å². The SMILES string of the molecule is O=C(C=Cc1ccco1)Nc1ncc(Cc2cccc(Cl)c2)s1. The summed E-state index contributed by atoms with van der Waals surface area (Å²) in [7, 11) is 0. The molecule has 0 unspecified atom stereocenters. The molecule has 0 saturated heterocycles.